The van der Waals surface area contributed by atoms with Crippen LogP contribution in [0.2, 0.25) is 10.0 Å². The molecule has 0 aliphatic carbocycles. The fourth-order valence-electron chi connectivity index (χ4n) is 1.81. The first-order valence-corrected chi connectivity index (χ1v) is 8.02. The fraction of sp³-hybridized carbons (Fsp3) is 0.133. The van der Waals surface area contributed by atoms with E-state index in [4.69, 9.17) is 23.2 Å². The highest BCUT2D eigenvalue weighted by atomic mass is 79.9. The molecule has 0 fully saturated rings. The van der Waals surface area contributed by atoms with Gasteiger partial charge < -0.3 is 10.2 Å². The number of aromatic nitrogens is 1. The van der Waals surface area contributed by atoms with Crippen molar-refractivity contribution in [3.05, 3.63) is 56.7 Å². The summed E-state index contributed by atoms with van der Waals surface area (Å²) in [5.74, 6) is -0.648. The van der Waals surface area contributed by atoms with Crippen molar-refractivity contribution in [2.75, 3.05) is 18.9 Å². The van der Waals surface area contributed by atoms with E-state index in [0.29, 0.717) is 25.8 Å². The summed E-state index contributed by atoms with van der Waals surface area (Å²) in [6.07, 6.45) is 3.02. The maximum absolute atomic E-state index is 12.2. The number of hydrogen-bond donors (Lipinski definition) is 1. The summed E-state index contributed by atoms with van der Waals surface area (Å²) in [6.45, 7) is -0.106. The van der Waals surface area contributed by atoms with E-state index in [2.05, 4.69) is 26.2 Å². The van der Waals surface area contributed by atoms with E-state index in [0.717, 1.165) is 0 Å². The van der Waals surface area contributed by atoms with Crippen molar-refractivity contribution in [1.82, 2.24) is 9.88 Å². The van der Waals surface area contributed by atoms with Gasteiger partial charge in [0.05, 0.1) is 22.2 Å². The molecule has 0 bridgehead atoms. The van der Waals surface area contributed by atoms with Gasteiger partial charge in [0.1, 0.15) is 0 Å². The molecule has 2 rings (SSSR count). The van der Waals surface area contributed by atoms with Crippen molar-refractivity contribution in [3.8, 4) is 0 Å². The smallest absolute Gasteiger partial charge is 0.255 e. The summed E-state index contributed by atoms with van der Waals surface area (Å²) in [5, 5.41) is 3.40. The number of likely N-dealkylation sites (N-methyl/N-ethyl adjacent to an activating group) is 1. The molecule has 0 aliphatic rings. The zero-order chi connectivity index (χ0) is 17.0. The van der Waals surface area contributed by atoms with Crippen molar-refractivity contribution < 1.29 is 9.59 Å². The number of pyridine rings is 1. The molecule has 0 spiro atoms. The summed E-state index contributed by atoms with van der Waals surface area (Å²) in [7, 11) is 1.54. The molecule has 2 aromatic rings. The van der Waals surface area contributed by atoms with Crippen LogP contribution in [0.4, 0.5) is 5.69 Å². The first-order valence-electron chi connectivity index (χ1n) is 6.47. The summed E-state index contributed by atoms with van der Waals surface area (Å²) < 4.78 is 0.692. The topological polar surface area (TPSA) is 62.3 Å². The highest BCUT2D eigenvalue weighted by molar-refractivity contribution is 9.10. The van der Waals surface area contributed by atoms with Crippen LogP contribution in [-0.2, 0) is 4.79 Å². The number of benzene rings is 1. The maximum atomic E-state index is 12.2. The van der Waals surface area contributed by atoms with Crippen molar-refractivity contribution >= 4 is 56.6 Å². The molecule has 2 amide bonds. The van der Waals surface area contributed by atoms with Crippen molar-refractivity contribution in [2.45, 2.75) is 0 Å². The molecule has 0 aliphatic heterocycles. The average molecular weight is 417 g/mol. The second-order valence-corrected chi connectivity index (χ2v) is 6.46. The number of rotatable bonds is 4. The summed E-state index contributed by atoms with van der Waals surface area (Å²) in [4.78, 5) is 29.5. The van der Waals surface area contributed by atoms with Crippen molar-refractivity contribution in [3.63, 3.8) is 0 Å². The van der Waals surface area contributed by atoms with Gasteiger partial charge in [-0.15, -0.1) is 0 Å². The summed E-state index contributed by atoms with van der Waals surface area (Å²) >= 11 is 15.0. The average Bonchev–Trinajstić information content (AvgIpc) is 2.50. The third kappa shape index (κ3) is 4.92. The number of amides is 2. The van der Waals surface area contributed by atoms with Gasteiger partial charge in [-0.1, -0.05) is 23.2 Å². The molecule has 0 radical (unpaired) electrons. The number of nitrogens with one attached hydrogen (secondary N) is 1. The molecule has 0 unspecified atom stereocenters. The minimum absolute atomic E-state index is 0.106. The Morgan fingerprint density at radius 2 is 1.96 bits per heavy atom. The quantitative estimate of drug-likeness (QED) is 0.822. The van der Waals surface area contributed by atoms with Gasteiger partial charge in [-0.25, -0.2) is 0 Å². The molecule has 8 heteroatoms. The van der Waals surface area contributed by atoms with E-state index in [1.165, 1.54) is 18.1 Å². The lowest BCUT2D eigenvalue weighted by Crippen LogP contribution is -2.35. The Hall–Kier alpha value is -1.63. The van der Waals surface area contributed by atoms with Crippen molar-refractivity contribution in [1.29, 1.82) is 0 Å². The highest BCUT2D eigenvalue weighted by Crippen LogP contribution is 2.24. The molecular weight excluding hydrogens is 405 g/mol. The van der Waals surface area contributed by atoms with E-state index in [-0.39, 0.29) is 18.4 Å². The van der Waals surface area contributed by atoms with E-state index < -0.39 is 0 Å². The second-order valence-electron chi connectivity index (χ2n) is 4.73. The molecule has 5 nitrogen and oxygen atoms in total. The molecule has 1 heterocycles. The number of halogens is 3. The summed E-state index contributed by atoms with van der Waals surface area (Å²) in [5.41, 5.74) is 0.901. The Balaban J connectivity index is 1.99. The lowest BCUT2D eigenvalue weighted by molar-refractivity contribution is -0.116. The number of carbonyl (C=O) groups excluding carboxylic acids is 2. The molecular formula is C15H12BrCl2N3O2. The van der Waals surface area contributed by atoms with Crippen LogP contribution >= 0.6 is 39.1 Å². The third-order valence-corrected chi connectivity index (χ3v) is 4.06. The van der Waals surface area contributed by atoms with Gasteiger partial charge in [0, 0.05) is 29.6 Å². The Kier molecular flexibility index (Phi) is 5.98. The number of hydrogen-bond acceptors (Lipinski definition) is 3. The van der Waals surface area contributed by atoms with Gasteiger partial charge in [-0.3, -0.25) is 14.6 Å². The normalized spacial score (nSPS) is 10.3. The zero-order valence-corrected chi connectivity index (χ0v) is 15.1. The standard InChI is InChI=1S/C15H12BrCl2N3O2/c1-21(15(23)9-4-10(16)7-19-6-9)8-14(22)20-11-2-3-12(17)13(18)5-11/h2-7H,8H2,1H3,(H,20,22). The van der Waals surface area contributed by atoms with Gasteiger partial charge >= 0.3 is 0 Å². The van der Waals surface area contributed by atoms with Crippen LogP contribution in [0.5, 0.6) is 0 Å². The molecule has 120 valence electrons. The van der Waals surface area contributed by atoms with Crippen molar-refractivity contribution in [2.24, 2.45) is 0 Å². The lowest BCUT2D eigenvalue weighted by Gasteiger charge is -2.17. The molecule has 0 saturated carbocycles. The Bertz CT molecular complexity index is 755. The minimum atomic E-state index is -0.345. The van der Waals surface area contributed by atoms with Crippen LogP contribution in [0.1, 0.15) is 10.4 Å². The molecule has 23 heavy (non-hydrogen) atoms. The fourth-order valence-corrected chi connectivity index (χ4v) is 2.47. The molecule has 0 saturated heterocycles. The van der Waals surface area contributed by atoms with E-state index in [1.54, 1.807) is 30.5 Å². The summed E-state index contributed by atoms with van der Waals surface area (Å²) in [6, 6.07) is 6.40. The second kappa shape index (κ2) is 7.77. The Morgan fingerprint density at radius 1 is 1.22 bits per heavy atom. The van der Waals surface area contributed by atoms with E-state index in [1.807, 2.05) is 0 Å². The molecule has 1 N–H and O–H groups in total. The highest BCUT2D eigenvalue weighted by Gasteiger charge is 2.16. The first-order chi connectivity index (χ1) is 10.9. The van der Waals surface area contributed by atoms with E-state index >= 15 is 0 Å². The largest absolute Gasteiger partial charge is 0.332 e. The van der Waals surface area contributed by atoms with Gasteiger partial charge in [-0.2, -0.15) is 0 Å². The van der Waals surface area contributed by atoms with E-state index in [9.17, 15) is 9.59 Å². The van der Waals surface area contributed by atoms with Crippen LogP contribution in [0.15, 0.2) is 41.1 Å². The van der Waals surface area contributed by atoms with Crippen LogP contribution in [0, 0.1) is 0 Å². The third-order valence-electron chi connectivity index (χ3n) is 2.88. The first kappa shape index (κ1) is 17.7. The number of carbonyl (C=O) groups is 2. The van der Waals surface area contributed by atoms with Crippen LogP contribution < -0.4 is 5.32 Å². The van der Waals surface area contributed by atoms with Crippen LogP contribution in [0.3, 0.4) is 0 Å². The predicted octanol–water partition coefficient (Wildman–Crippen LogP) is 3.86. The van der Waals surface area contributed by atoms with Gasteiger partial charge in [-0.05, 0) is 40.2 Å². The zero-order valence-electron chi connectivity index (χ0n) is 12.0. The SMILES string of the molecule is CN(CC(=O)Nc1ccc(Cl)c(Cl)c1)C(=O)c1cncc(Br)c1. The molecule has 0 atom stereocenters. The Morgan fingerprint density at radius 3 is 2.61 bits per heavy atom. The molecule has 1 aromatic carbocycles. The minimum Gasteiger partial charge on any atom is -0.332 e. The maximum Gasteiger partial charge on any atom is 0.255 e. The molecule has 1 aromatic heterocycles. The van der Waals surface area contributed by atoms with Gasteiger partial charge in [0.25, 0.3) is 5.91 Å². The predicted molar refractivity (Wildman–Crippen MR) is 94.0 cm³/mol. The van der Waals surface area contributed by atoms with Crippen LogP contribution in [-0.4, -0.2) is 35.3 Å². The lowest BCUT2D eigenvalue weighted by atomic mass is 10.2. The monoisotopic (exact) mass is 415 g/mol. The number of nitrogens with zero attached hydrogens (tertiary/aromatic N) is 2. The number of anilines is 1. The van der Waals surface area contributed by atoms with Gasteiger partial charge in [0.15, 0.2) is 0 Å². The van der Waals surface area contributed by atoms with Crippen LogP contribution in [0.25, 0.3) is 0 Å². The Labute approximate surface area is 151 Å². The van der Waals surface area contributed by atoms with Gasteiger partial charge in [0.2, 0.25) is 5.91 Å².